The first-order chi connectivity index (χ1) is 12.2. The van der Waals surface area contributed by atoms with Gasteiger partial charge in [0.2, 0.25) is 15.9 Å². The van der Waals surface area contributed by atoms with Crippen LogP contribution in [0.15, 0.2) is 29.2 Å². The highest BCUT2D eigenvalue weighted by Gasteiger charge is 2.33. The zero-order chi connectivity index (χ0) is 19.3. The van der Waals surface area contributed by atoms with Crippen molar-refractivity contribution < 1.29 is 27.9 Å². The number of nitrogens with one attached hydrogen (secondary N) is 1. The number of amides is 1. The van der Waals surface area contributed by atoms with Crippen molar-refractivity contribution in [3.63, 3.8) is 0 Å². The topological polar surface area (TPSA) is 121 Å². The van der Waals surface area contributed by atoms with E-state index in [4.69, 9.17) is 5.11 Å². The van der Waals surface area contributed by atoms with Gasteiger partial charge in [-0.3, -0.25) is 14.4 Å². The molecule has 26 heavy (non-hydrogen) atoms. The number of benzene rings is 1. The predicted octanol–water partition coefficient (Wildman–Crippen LogP) is 0.881. The Morgan fingerprint density at radius 1 is 1.23 bits per heavy atom. The van der Waals surface area contributed by atoms with Crippen molar-refractivity contribution in [1.29, 1.82) is 0 Å². The molecule has 0 aliphatic carbocycles. The van der Waals surface area contributed by atoms with Gasteiger partial charge >= 0.3 is 5.97 Å². The number of carboxylic acid groups (broad SMARTS) is 1. The first-order valence-corrected chi connectivity index (χ1v) is 9.76. The summed E-state index contributed by atoms with van der Waals surface area (Å²) in [6, 6.07) is 5.72. The monoisotopic (exact) mass is 382 g/mol. The summed E-state index contributed by atoms with van der Waals surface area (Å²) >= 11 is 0. The summed E-state index contributed by atoms with van der Waals surface area (Å²) in [4.78, 5) is 34.0. The van der Waals surface area contributed by atoms with Crippen LogP contribution in [0.5, 0.6) is 0 Å². The summed E-state index contributed by atoms with van der Waals surface area (Å²) in [5.41, 5.74) is 0.429. The minimum Gasteiger partial charge on any atom is -0.481 e. The number of aliphatic carboxylic acids is 1. The summed E-state index contributed by atoms with van der Waals surface area (Å²) in [6.07, 6.45) is 0.916. The first kappa shape index (κ1) is 20.1. The van der Waals surface area contributed by atoms with E-state index in [0.29, 0.717) is 24.9 Å². The molecule has 0 radical (unpaired) electrons. The molecule has 142 valence electrons. The molecule has 1 fully saturated rings. The maximum absolute atomic E-state index is 12.8. The third-order valence-electron chi connectivity index (χ3n) is 4.29. The fourth-order valence-corrected chi connectivity index (χ4v) is 4.35. The van der Waals surface area contributed by atoms with Crippen molar-refractivity contribution in [3.8, 4) is 0 Å². The second-order valence-corrected chi connectivity index (χ2v) is 8.16. The fraction of sp³-hybridized carbons (Fsp3) is 0.471. The highest BCUT2D eigenvalue weighted by atomic mass is 32.2. The number of sulfonamides is 1. The number of hydrogen-bond donors (Lipinski definition) is 2. The lowest BCUT2D eigenvalue weighted by Crippen LogP contribution is -2.45. The van der Waals surface area contributed by atoms with E-state index in [-0.39, 0.29) is 36.1 Å². The second-order valence-electron chi connectivity index (χ2n) is 6.22. The molecule has 9 heteroatoms. The van der Waals surface area contributed by atoms with E-state index in [2.05, 4.69) is 5.32 Å². The van der Waals surface area contributed by atoms with Gasteiger partial charge in [0.05, 0.1) is 17.2 Å². The summed E-state index contributed by atoms with van der Waals surface area (Å²) in [5, 5.41) is 11.1. The van der Waals surface area contributed by atoms with Gasteiger partial charge in [-0.2, -0.15) is 4.31 Å². The maximum atomic E-state index is 12.8. The maximum Gasteiger partial charge on any atom is 0.305 e. The molecule has 2 rings (SSSR count). The van der Waals surface area contributed by atoms with Gasteiger partial charge in [-0.05, 0) is 31.9 Å². The van der Waals surface area contributed by atoms with Crippen molar-refractivity contribution in [2.75, 3.05) is 19.6 Å². The van der Waals surface area contributed by atoms with Crippen molar-refractivity contribution in [1.82, 2.24) is 9.62 Å². The van der Waals surface area contributed by atoms with Crippen LogP contribution in [0, 0.1) is 5.92 Å². The van der Waals surface area contributed by atoms with E-state index in [1.165, 1.54) is 35.5 Å². The van der Waals surface area contributed by atoms with Gasteiger partial charge in [0.15, 0.2) is 5.78 Å². The summed E-state index contributed by atoms with van der Waals surface area (Å²) < 4.78 is 26.8. The van der Waals surface area contributed by atoms with Crippen LogP contribution in [0.3, 0.4) is 0 Å². The van der Waals surface area contributed by atoms with Crippen molar-refractivity contribution >= 4 is 27.7 Å². The third kappa shape index (κ3) is 4.89. The molecule has 1 aliphatic rings. The Kier molecular flexibility index (Phi) is 6.49. The third-order valence-corrected chi connectivity index (χ3v) is 6.17. The molecule has 0 unspecified atom stereocenters. The number of Topliss-reactive ketones (excluding diaryl/α,β-unsaturated/α-hetero) is 1. The van der Waals surface area contributed by atoms with Crippen LogP contribution in [0.25, 0.3) is 0 Å². The average molecular weight is 382 g/mol. The van der Waals surface area contributed by atoms with Crippen LogP contribution in [0.4, 0.5) is 0 Å². The molecular weight excluding hydrogens is 360 g/mol. The molecule has 1 heterocycles. The number of carbonyl (C=O) groups excluding carboxylic acids is 2. The molecule has 1 aliphatic heterocycles. The Morgan fingerprint density at radius 3 is 2.46 bits per heavy atom. The molecule has 1 aromatic rings. The standard InChI is InChI=1S/C17H22N2O6S/c1-12(20)13-4-6-15(7-5-13)26(24,25)19-10-2-3-14(11-19)17(23)18-9-8-16(21)22/h4-7,14H,2-3,8-11H2,1H3,(H,18,23)(H,21,22)/t14-/m0/s1. The van der Waals surface area contributed by atoms with Gasteiger partial charge < -0.3 is 10.4 Å². The van der Waals surface area contributed by atoms with E-state index in [1.54, 1.807) is 0 Å². The molecule has 0 aromatic heterocycles. The van der Waals surface area contributed by atoms with Crippen LogP contribution in [0.2, 0.25) is 0 Å². The van der Waals surface area contributed by atoms with Crippen LogP contribution in [0.1, 0.15) is 36.5 Å². The van der Waals surface area contributed by atoms with Crippen molar-refractivity contribution in [2.45, 2.75) is 31.1 Å². The van der Waals surface area contributed by atoms with E-state index in [1.807, 2.05) is 0 Å². The van der Waals surface area contributed by atoms with Crippen LogP contribution in [-0.4, -0.2) is 55.1 Å². The molecular formula is C17H22N2O6S. The van der Waals surface area contributed by atoms with Gasteiger partial charge in [-0.15, -0.1) is 0 Å². The summed E-state index contributed by atoms with van der Waals surface area (Å²) in [7, 11) is -3.76. The minimum atomic E-state index is -3.76. The molecule has 1 atom stereocenters. The zero-order valence-electron chi connectivity index (χ0n) is 14.5. The summed E-state index contributed by atoms with van der Waals surface area (Å²) in [6.45, 7) is 1.79. The van der Waals surface area contributed by atoms with Crippen LogP contribution < -0.4 is 5.32 Å². The quantitative estimate of drug-likeness (QED) is 0.675. The van der Waals surface area contributed by atoms with Crippen LogP contribution in [-0.2, 0) is 19.6 Å². The minimum absolute atomic E-state index is 0.0178. The van der Waals surface area contributed by atoms with E-state index in [9.17, 15) is 22.8 Å². The van der Waals surface area contributed by atoms with E-state index >= 15 is 0 Å². The number of hydrogen-bond acceptors (Lipinski definition) is 5. The lowest BCUT2D eigenvalue weighted by atomic mass is 9.99. The van der Waals surface area contributed by atoms with E-state index in [0.717, 1.165) is 0 Å². The summed E-state index contributed by atoms with van der Waals surface area (Å²) in [5.74, 6) is -2.00. The van der Waals surface area contributed by atoms with Gasteiger partial charge in [-0.25, -0.2) is 8.42 Å². The highest BCUT2D eigenvalue weighted by Crippen LogP contribution is 2.24. The molecule has 1 saturated heterocycles. The van der Waals surface area contributed by atoms with Crippen molar-refractivity contribution in [3.05, 3.63) is 29.8 Å². The predicted molar refractivity (Wildman–Crippen MR) is 93.2 cm³/mol. The number of carboxylic acids is 1. The van der Waals surface area contributed by atoms with Gasteiger partial charge in [-0.1, -0.05) is 12.1 Å². The SMILES string of the molecule is CC(=O)c1ccc(S(=O)(=O)N2CCC[C@H](C(=O)NCCC(=O)O)C2)cc1. The largest absolute Gasteiger partial charge is 0.481 e. The Morgan fingerprint density at radius 2 is 1.88 bits per heavy atom. The van der Waals surface area contributed by atoms with Crippen molar-refractivity contribution in [2.24, 2.45) is 5.92 Å². The van der Waals surface area contributed by atoms with Gasteiger partial charge in [0.25, 0.3) is 0 Å². The number of piperidine rings is 1. The molecule has 8 nitrogen and oxygen atoms in total. The Bertz CT molecular complexity index is 788. The highest BCUT2D eigenvalue weighted by molar-refractivity contribution is 7.89. The van der Waals surface area contributed by atoms with Gasteiger partial charge in [0, 0.05) is 25.2 Å². The number of nitrogens with zero attached hydrogens (tertiary/aromatic N) is 1. The average Bonchev–Trinajstić information content (AvgIpc) is 2.61. The Balaban J connectivity index is 2.06. The normalized spacial score (nSPS) is 18.3. The molecule has 0 bridgehead atoms. The second kappa shape index (κ2) is 8.41. The molecule has 1 amide bonds. The molecule has 2 N–H and O–H groups in total. The number of rotatable bonds is 7. The van der Waals surface area contributed by atoms with E-state index < -0.39 is 21.9 Å². The zero-order valence-corrected chi connectivity index (χ0v) is 15.3. The first-order valence-electron chi connectivity index (χ1n) is 8.32. The number of ketones is 1. The molecule has 1 aromatic carbocycles. The number of carbonyl (C=O) groups is 3. The lowest BCUT2D eigenvalue weighted by Gasteiger charge is -2.31. The Labute approximate surface area is 152 Å². The Hall–Kier alpha value is -2.26. The fourth-order valence-electron chi connectivity index (χ4n) is 2.82. The molecule has 0 saturated carbocycles. The smallest absolute Gasteiger partial charge is 0.305 e. The van der Waals surface area contributed by atoms with Gasteiger partial charge in [0.1, 0.15) is 0 Å². The van der Waals surface area contributed by atoms with Crippen LogP contribution >= 0.6 is 0 Å². The lowest BCUT2D eigenvalue weighted by molar-refractivity contribution is -0.137. The molecule has 0 spiro atoms.